The lowest BCUT2D eigenvalue weighted by Gasteiger charge is -2.06. The van der Waals surface area contributed by atoms with E-state index in [9.17, 15) is 13.0 Å². The summed E-state index contributed by atoms with van der Waals surface area (Å²) in [6.07, 6.45) is 0. The maximum absolute atomic E-state index is 11.5. The van der Waals surface area contributed by atoms with E-state index in [1.807, 2.05) is 26.0 Å². The summed E-state index contributed by atoms with van der Waals surface area (Å²) in [5, 5.41) is 9.51. The molecule has 0 spiro atoms. The highest BCUT2D eigenvalue weighted by Crippen LogP contribution is 2.30. The van der Waals surface area contributed by atoms with Crippen LogP contribution in [0.15, 0.2) is 63.7 Å². The molecule has 0 unspecified atom stereocenters. The minimum Gasteiger partial charge on any atom is -0.399 e. The predicted molar refractivity (Wildman–Crippen MR) is 98.3 cm³/mol. The van der Waals surface area contributed by atoms with E-state index in [-0.39, 0.29) is 4.90 Å². The van der Waals surface area contributed by atoms with Gasteiger partial charge in [-0.2, -0.15) is 18.6 Å². The highest BCUT2D eigenvalue weighted by atomic mass is 32.2. The molecule has 0 aromatic heterocycles. The molecule has 0 amide bonds. The van der Waals surface area contributed by atoms with Gasteiger partial charge in [-0.05, 0) is 60.7 Å². The molecule has 6 nitrogen and oxygen atoms in total. The summed E-state index contributed by atoms with van der Waals surface area (Å²) < 4.78 is 32.5. The maximum Gasteiger partial charge on any atom is 0.295 e. The molecule has 3 aromatic rings. The van der Waals surface area contributed by atoms with Crippen LogP contribution in [0.4, 0.5) is 17.1 Å². The normalized spacial score (nSPS) is 12.1. The molecule has 0 fully saturated rings. The van der Waals surface area contributed by atoms with Gasteiger partial charge in [-0.3, -0.25) is 4.55 Å². The summed E-state index contributed by atoms with van der Waals surface area (Å²) >= 11 is 0. The van der Waals surface area contributed by atoms with E-state index in [0.29, 0.717) is 27.8 Å². The average Bonchev–Trinajstić information content (AvgIpc) is 2.55. The molecule has 0 radical (unpaired) electrons. The molecule has 0 heterocycles. The van der Waals surface area contributed by atoms with Gasteiger partial charge in [0.2, 0.25) is 0 Å². The Balaban J connectivity index is 2.07. The molecule has 25 heavy (non-hydrogen) atoms. The van der Waals surface area contributed by atoms with Gasteiger partial charge in [0.1, 0.15) is 4.90 Å². The number of nitrogens with two attached hydrogens (primary N) is 1. The third kappa shape index (κ3) is 3.52. The quantitative estimate of drug-likeness (QED) is 0.403. The second-order valence-corrected chi connectivity index (χ2v) is 7.22. The van der Waals surface area contributed by atoms with E-state index < -0.39 is 10.1 Å². The first kappa shape index (κ1) is 17.1. The summed E-state index contributed by atoms with van der Waals surface area (Å²) in [5.74, 6) is 0. The highest BCUT2D eigenvalue weighted by Gasteiger charge is 2.13. The largest absolute Gasteiger partial charge is 0.399 e. The minimum absolute atomic E-state index is 0.151. The standard InChI is InChI=1S/C18H17N3O3S/c1-11-9-17(12(2)8-16(11)19)21-20-14-7-6-13-4-3-5-18(15(13)10-14)25(22,23)24/h3-10H,19H2,1-2H3,(H,22,23,24). The van der Waals surface area contributed by atoms with Gasteiger partial charge in [0.25, 0.3) is 10.1 Å². The summed E-state index contributed by atoms with van der Waals surface area (Å²) in [4.78, 5) is -0.151. The lowest BCUT2D eigenvalue weighted by atomic mass is 10.1. The third-order valence-electron chi connectivity index (χ3n) is 3.96. The summed E-state index contributed by atoms with van der Waals surface area (Å²) in [7, 11) is -4.32. The number of rotatable bonds is 3. The number of nitrogen functional groups attached to an aromatic ring is 1. The van der Waals surface area contributed by atoms with Crippen LogP contribution in [0.5, 0.6) is 0 Å². The number of fused-ring (bicyclic) bond motifs is 1. The van der Waals surface area contributed by atoms with Crippen molar-refractivity contribution in [1.82, 2.24) is 0 Å². The lowest BCUT2D eigenvalue weighted by Crippen LogP contribution is -1.98. The van der Waals surface area contributed by atoms with Crippen molar-refractivity contribution in [3.05, 3.63) is 59.7 Å². The van der Waals surface area contributed by atoms with Gasteiger partial charge in [0.15, 0.2) is 0 Å². The molecular weight excluding hydrogens is 338 g/mol. The molecule has 0 saturated carbocycles. The molecule has 0 aliphatic heterocycles. The van der Waals surface area contributed by atoms with Gasteiger partial charge in [-0.1, -0.05) is 18.2 Å². The number of aryl methyl sites for hydroxylation is 2. The first-order valence-electron chi connectivity index (χ1n) is 7.54. The van der Waals surface area contributed by atoms with E-state index in [0.717, 1.165) is 11.1 Å². The van der Waals surface area contributed by atoms with Gasteiger partial charge >= 0.3 is 0 Å². The topological polar surface area (TPSA) is 105 Å². The van der Waals surface area contributed by atoms with Crippen molar-refractivity contribution in [1.29, 1.82) is 0 Å². The molecule has 7 heteroatoms. The highest BCUT2D eigenvalue weighted by molar-refractivity contribution is 7.86. The van der Waals surface area contributed by atoms with E-state index in [1.165, 1.54) is 6.07 Å². The zero-order valence-electron chi connectivity index (χ0n) is 13.8. The molecule has 0 aliphatic carbocycles. The molecule has 0 atom stereocenters. The van der Waals surface area contributed by atoms with E-state index in [1.54, 1.807) is 30.3 Å². The van der Waals surface area contributed by atoms with Crippen molar-refractivity contribution in [3.8, 4) is 0 Å². The Bertz CT molecular complexity index is 1110. The van der Waals surface area contributed by atoms with E-state index in [2.05, 4.69) is 10.2 Å². The summed E-state index contributed by atoms with van der Waals surface area (Å²) in [5.41, 5.74) is 9.54. The van der Waals surface area contributed by atoms with Crippen LogP contribution in [0.2, 0.25) is 0 Å². The molecule has 3 N–H and O–H groups in total. The minimum atomic E-state index is -4.32. The maximum atomic E-state index is 11.5. The second-order valence-electron chi connectivity index (χ2n) is 5.83. The van der Waals surface area contributed by atoms with Crippen LogP contribution in [-0.4, -0.2) is 13.0 Å². The van der Waals surface area contributed by atoms with Crippen LogP contribution in [0.25, 0.3) is 10.8 Å². The van der Waals surface area contributed by atoms with Crippen LogP contribution in [-0.2, 0) is 10.1 Å². The zero-order chi connectivity index (χ0) is 18.2. The average molecular weight is 355 g/mol. The number of azo groups is 1. The van der Waals surface area contributed by atoms with Crippen molar-refractivity contribution in [2.24, 2.45) is 10.2 Å². The van der Waals surface area contributed by atoms with Crippen molar-refractivity contribution in [3.63, 3.8) is 0 Å². The molecule has 128 valence electrons. The SMILES string of the molecule is Cc1cc(N=Nc2ccc3cccc(S(=O)(=O)O)c3c2)c(C)cc1N. The Hall–Kier alpha value is -2.77. The number of hydrogen-bond acceptors (Lipinski definition) is 5. The fourth-order valence-electron chi connectivity index (χ4n) is 2.56. The smallest absolute Gasteiger partial charge is 0.295 e. The first-order valence-corrected chi connectivity index (χ1v) is 8.98. The van der Waals surface area contributed by atoms with Crippen LogP contribution in [0.1, 0.15) is 11.1 Å². The zero-order valence-corrected chi connectivity index (χ0v) is 14.6. The molecule has 0 saturated heterocycles. The molecule has 0 bridgehead atoms. The lowest BCUT2D eigenvalue weighted by molar-refractivity contribution is 0.484. The van der Waals surface area contributed by atoms with Crippen molar-refractivity contribution >= 4 is 38.0 Å². The summed E-state index contributed by atoms with van der Waals surface area (Å²) in [6, 6.07) is 13.4. The number of hydrogen-bond donors (Lipinski definition) is 2. The Morgan fingerprint density at radius 1 is 0.960 bits per heavy atom. The number of anilines is 1. The van der Waals surface area contributed by atoms with Gasteiger partial charge < -0.3 is 5.73 Å². The van der Waals surface area contributed by atoms with Gasteiger partial charge in [-0.15, -0.1) is 0 Å². The van der Waals surface area contributed by atoms with Gasteiger partial charge in [0.05, 0.1) is 11.4 Å². The Morgan fingerprint density at radius 3 is 2.44 bits per heavy atom. The first-order chi connectivity index (χ1) is 11.8. The van der Waals surface area contributed by atoms with E-state index >= 15 is 0 Å². The van der Waals surface area contributed by atoms with Gasteiger partial charge in [0, 0.05) is 11.1 Å². The monoisotopic (exact) mass is 355 g/mol. The second kappa shape index (κ2) is 6.27. The van der Waals surface area contributed by atoms with E-state index in [4.69, 9.17) is 5.73 Å². The van der Waals surface area contributed by atoms with Crippen LogP contribution >= 0.6 is 0 Å². The number of benzene rings is 3. The third-order valence-corrected chi connectivity index (χ3v) is 4.87. The number of nitrogens with zero attached hydrogens (tertiary/aromatic N) is 2. The predicted octanol–water partition coefficient (Wildman–Crippen LogP) is 4.70. The fraction of sp³-hybridized carbons (Fsp3) is 0.111. The van der Waals surface area contributed by atoms with Gasteiger partial charge in [-0.25, -0.2) is 0 Å². The van der Waals surface area contributed by atoms with Crippen molar-refractivity contribution < 1.29 is 13.0 Å². The Kier molecular flexibility index (Phi) is 4.28. The van der Waals surface area contributed by atoms with Crippen molar-refractivity contribution in [2.45, 2.75) is 18.7 Å². The van der Waals surface area contributed by atoms with Crippen LogP contribution < -0.4 is 5.73 Å². The summed E-state index contributed by atoms with van der Waals surface area (Å²) in [6.45, 7) is 3.78. The molecular formula is C18H17N3O3S. The Labute approximate surface area is 145 Å². The molecule has 3 aromatic carbocycles. The molecule has 3 rings (SSSR count). The van der Waals surface area contributed by atoms with Crippen LogP contribution in [0.3, 0.4) is 0 Å². The van der Waals surface area contributed by atoms with Crippen molar-refractivity contribution in [2.75, 3.05) is 5.73 Å². The van der Waals surface area contributed by atoms with Crippen LogP contribution in [0, 0.1) is 13.8 Å². The molecule has 0 aliphatic rings. The Morgan fingerprint density at radius 2 is 1.72 bits per heavy atom. The fourth-order valence-corrected chi connectivity index (χ4v) is 3.27.